The number of para-hydroxylation sites is 2. The molecule has 1 atom stereocenters. The van der Waals surface area contributed by atoms with E-state index < -0.39 is 5.91 Å². The molecule has 1 saturated heterocycles. The molecule has 3 heterocycles. The summed E-state index contributed by atoms with van der Waals surface area (Å²) in [4.78, 5) is 33.7. The zero-order valence-corrected chi connectivity index (χ0v) is 18.6. The predicted molar refractivity (Wildman–Crippen MR) is 131 cm³/mol. The van der Waals surface area contributed by atoms with Gasteiger partial charge in [-0.1, -0.05) is 30.8 Å². The molecule has 1 aliphatic heterocycles. The van der Waals surface area contributed by atoms with Crippen LogP contribution in [0.15, 0.2) is 67.4 Å². The van der Waals surface area contributed by atoms with E-state index in [4.69, 9.17) is 10.8 Å². The fraction of sp³-hybridized carbons (Fsp3) is 0.200. The van der Waals surface area contributed by atoms with Gasteiger partial charge in [0.2, 0.25) is 11.9 Å². The van der Waals surface area contributed by atoms with Crippen molar-refractivity contribution in [3.63, 3.8) is 0 Å². The van der Waals surface area contributed by atoms with Gasteiger partial charge >= 0.3 is 0 Å². The number of imidazole rings is 1. The molecule has 2 aromatic heterocycles. The van der Waals surface area contributed by atoms with Gasteiger partial charge in [-0.25, -0.2) is 4.98 Å². The summed E-state index contributed by atoms with van der Waals surface area (Å²) in [6.45, 7) is 4.78. The van der Waals surface area contributed by atoms with Crippen molar-refractivity contribution >= 4 is 34.5 Å². The highest BCUT2D eigenvalue weighted by atomic mass is 16.2. The SMILES string of the molecule is C=CC(=O)N1CCC[C@@H](n2cc(C(N)=O)c(-c3ccc(Nc4nc5ccccc5[nH]4)cc3)n2)C1. The van der Waals surface area contributed by atoms with E-state index >= 15 is 0 Å². The third-order valence-corrected chi connectivity index (χ3v) is 6.06. The van der Waals surface area contributed by atoms with Gasteiger partial charge in [-0.2, -0.15) is 5.10 Å². The molecule has 4 aromatic rings. The van der Waals surface area contributed by atoms with Gasteiger partial charge in [-0.15, -0.1) is 0 Å². The summed E-state index contributed by atoms with van der Waals surface area (Å²) in [6, 6.07) is 15.4. The Morgan fingerprint density at radius 2 is 1.97 bits per heavy atom. The van der Waals surface area contributed by atoms with Gasteiger partial charge in [0.15, 0.2) is 0 Å². The molecular formula is C25H25N7O2. The van der Waals surface area contributed by atoms with Crippen molar-refractivity contribution in [1.29, 1.82) is 0 Å². The second-order valence-electron chi connectivity index (χ2n) is 8.32. The molecule has 0 unspecified atom stereocenters. The van der Waals surface area contributed by atoms with Crippen molar-refractivity contribution < 1.29 is 9.59 Å². The predicted octanol–water partition coefficient (Wildman–Crippen LogP) is 3.62. The second kappa shape index (κ2) is 8.86. The molecule has 9 nitrogen and oxygen atoms in total. The van der Waals surface area contributed by atoms with Crippen molar-refractivity contribution in [2.45, 2.75) is 18.9 Å². The molecule has 2 aromatic carbocycles. The number of anilines is 2. The van der Waals surface area contributed by atoms with Crippen molar-refractivity contribution in [3.05, 3.63) is 72.9 Å². The summed E-state index contributed by atoms with van der Waals surface area (Å²) >= 11 is 0. The number of fused-ring (bicyclic) bond motifs is 1. The van der Waals surface area contributed by atoms with Crippen LogP contribution in [0.5, 0.6) is 0 Å². The Morgan fingerprint density at radius 1 is 1.18 bits per heavy atom. The number of nitrogens with one attached hydrogen (secondary N) is 2. The molecule has 34 heavy (non-hydrogen) atoms. The molecule has 172 valence electrons. The molecule has 4 N–H and O–H groups in total. The number of amides is 2. The minimum Gasteiger partial charge on any atom is -0.365 e. The Labute approximate surface area is 196 Å². The van der Waals surface area contributed by atoms with E-state index in [-0.39, 0.29) is 11.9 Å². The van der Waals surface area contributed by atoms with Crippen LogP contribution in [-0.4, -0.2) is 49.6 Å². The highest BCUT2D eigenvalue weighted by molar-refractivity contribution is 5.98. The summed E-state index contributed by atoms with van der Waals surface area (Å²) in [5.41, 5.74) is 9.99. The average molecular weight is 456 g/mol. The molecular weight excluding hydrogens is 430 g/mol. The number of piperidine rings is 1. The number of primary amides is 1. The Balaban J connectivity index is 1.38. The summed E-state index contributed by atoms with van der Waals surface area (Å²) in [7, 11) is 0. The maximum Gasteiger partial charge on any atom is 0.252 e. The Morgan fingerprint density at radius 3 is 2.71 bits per heavy atom. The topological polar surface area (TPSA) is 122 Å². The molecule has 9 heteroatoms. The van der Waals surface area contributed by atoms with Crippen LogP contribution < -0.4 is 11.1 Å². The van der Waals surface area contributed by atoms with Crippen LogP contribution >= 0.6 is 0 Å². The summed E-state index contributed by atoms with van der Waals surface area (Å²) in [6.07, 6.45) is 4.73. The van der Waals surface area contributed by atoms with Gasteiger partial charge in [0.05, 0.1) is 22.6 Å². The number of nitrogens with zero attached hydrogens (tertiary/aromatic N) is 4. The van der Waals surface area contributed by atoms with Crippen molar-refractivity contribution in [2.75, 3.05) is 18.4 Å². The standard InChI is InChI=1S/C25H25N7O2/c1-2-22(33)31-13-5-6-18(14-31)32-15-19(24(26)34)23(30-32)16-9-11-17(12-10-16)27-25-28-20-7-3-4-8-21(20)29-25/h2-4,7-12,15,18H,1,5-6,13-14H2,(H2,26,34)(H2,27,28,29)/t18-/m1/s1. The van der Waals surface area contributed by atoms with Crippen LogP contribution in [0, 0.1) is 0 Å². The van der Waals surface area contributed by atoms with Crippen LogP contribution in [-0.2, 0) is 4.79 Å². The first-order chi connectivity index (χ1) is 16.5. The minimum atomic E-state index is -0.541. The lowest BCUT2D eigenvalue weighted by Gasteiger charge is -2.32. The number of carbonyl (C=O) groups is 2. The number of hydrogen-bond donors (Lipinski definition) is 3. The van der Waals surface area contributed by atoms with E-state index in [1.54, 1.807) is 15.8 Å². The maximum atomic E-state index is 12.2. The Kier molecular flexibility index (Phi) is 5.59. The fourth-order valence-corrected chi connectivity index (χ4v) is 4.33. The highest BCUT2D eigenvalue weighted by Gasteiger charge is 2.26. The van der Waals surface area contributed by atoms with E-state index in [2.05, 4.69) is 21.9 Å². The van der Waals surface area contributed by atoms with Crippen LogP contribution in [0.4, 0.5) is 11.6 Å². The fourth-order valence-electron chi connectivity index (χ4n) is 4.33. The third kappa shape index (κ3) is 4.15. The van der Waals surface area contributed by atoms with Crippen LogP contribution in [0.25, 0.3) is 22.3 Å². The first kappa shape index (κ1) is 21.4. The molecule has 2 amide bonds. The molecule has 5 rings (SSSR count). The lowest BCUT2D eigenvalue weighted by molar-refractivity contribution is -0.127. The third-order valence-electron chi connectivity index (χ3n) is 6.06. The molecule has 1 fully saturated rings. The van der Waals surface area contributed by atoms with E-state index in [0.29, 0.717) is 30.3 Å². The monoisotopic (exact) mass is 455 g/mol. The molecule has 0 radical (unpaired) electrons. The van der Waals surface area contributed by atoms with Gasteiger partial charge in [-0.3, -0.25) is 14.3 Å². The number of H-pyrrole nitrogens is 1. The number of likely N-dealkylation sites (tertiary alicyclic amines) is 1. The van der Waals surface area contributed by atoms with Crippen LogP contribution in [0.1, 0.15) is 29.2 Å². The number of aromatic amines is 1. The van der Waals surface area contributed by atoms with Crippen molar-refractivity contribution in [3.8, 4) is 11.3 Å². The van der Waals surface area contributed by atoms with Crippen LogP contribution in [0.3, 0.4) is 0 Å². The molecule has 0 saturated carbocycles. The number of carbonyl (C=O) groups excluding carboxylic acids is 2. The van der Waals surface area contributed by atoms with Gasteiger partial charge < -0.3 is 20.9 Å². The number of nitrogens with two attached hydrogens (primary N) is 1. The smallest absolute Gasteiger partial charge is 0.252 e. The lowest BCUT2D eigenvalue weighted by atomic mass is 10.1. The van der Waals surface area contributed by atoms with Crippen molar-refractivity contribution in [2.24, 2.45) is 5.73 Å². The number of hydrogen-bond acceptors (Lipinski definition) is 5. The average Bonchev–Trinajstić information content (AvgIpc) is 3.48. The molecule has 1 aliphatic rings. The van der Waals surface area contributed by atoms with Crippen LogP contribution in [0.2, 0.25) is 0 Å². The molecule has 0 spiro atoms. The lowest BCUT2D eigenvalue weighted by Crippen LogP contribution is -2.40. The van der Waals surface area contributed by atoms with E-state index in [0.717, 1.165) is 35.1 Å². The first-order valence-corrected chi connectivity index (χ1v) is 11.1. The normalized spacial score (nSPS) is 15.9. The number of benzene rings is 2. The van der Waals surface area contributed by atoms with Crippen molar-refractivity contribution in [1.82, 2.24) is 24.6 Å². The highest BCUT2D eigenvalue weighted by Crippen LogP contribution is 2.28. The number of rotatable bonds is 6. The number of aromatic nitrogens is 4. The van der Waals surface area contributed by atoms with Gasteiger partial charge in [0, 0.05) is 30.5 Å². The van der Waals surface area contributed by atoms with E-state index in [9.17, 15) is 9.59 Å². The minimum absolute atomic E-state index is 0.0291. The second-order valence-corrected chi connectivity index (χ2v) is 8.32. The van der Waals surface area contributed by atoms with Gasteiger partial charge in [-0.05, 0) is 43.2 Å². The zero-order valence-electron chi connectivity index (χ0n) is 18.6. The quantitative estimate of drug-likeness (QED) is 0.383. The van der Waals surface area contributed by atoms with Gasteiger partial charge in [0.1, 0.15) is 5.69 Å². The maximum absolute atomic E-state index is 12.2. The van der Waals surface area contributed by atoms with E-state index in [1.807, 2.05) is 48.5 Å². The Hall–Kier alpha value is -4.40. The Bertz CT molecular complexity index is 1340. The summed E-state index contributed by atoms with van der Waals surface area (Å²) in [5.74, 6) is 0.00674. The molecule has 0 bridgehead atoms. The largest absolute Gasteiger partial charge is 0.365 e. The summed E-state index contributed by atoms with van der Waals surface area (Å²) in [5, 5.41) is 7.96. The van der Waals surface area contributed by atoms with Gasteiger partial charge in [0.25, 0.3) is 5.91 Å². The summed E-state index contributed by atoms with van der Waals surface area (Å²) < 4.78 is 1.76. The first-order valence-electron chi connectivity index (χ1n) is 11.1. The van der Waals surface area contributed by atoms with E-state index in [1.165, 1.54) is 6.08 Å². The molecule has 0 aliphatic carbocycles. The zero-order chi connectivity index (χ0) is 23.7.